The Morgan fingerprint density at radius 3 is 2.80 bits per heavy atom. The molecule has 1 aliphatic rings. The van der Waals surface area contributed by atoms with E-state index in [1.807, 2.05) is 34.4 Å². The normalized spacial score (nSPS) is 23.1. The molecule has 1 N–H and O–H groups in total. The van der Waals surface area contributed by atoms with E-state index < -0.39 is 0 Å². The summed E-state index contributed by atoms with van der Waals surface area (Å²) in [5.41, 5.74) is 1.38. The van der Waals surface area contributed by atoms with Gasteiger partial charge in [0.25, 0.3) is 0 Å². The smallest absolute Gasteiger partial charge is 0.0351 e. The lowest BCUT2D eigenvalue weighted by Gasteiger charge is -2.28. The summed E-state index contributed by atoms with van der Waals surface area (Å²) in [6.45, 7) is 1.03. The highest BCUT2D eigenvalue weighted by Gasteiger charge is 2.19. The van der Waals surface area contributed by atoms with Crippen LogP contribution in [-0.4, -0.2) is 17.5 Å². The summed E-state index contributed by atoms with van der Waals surface area (Å²) in [5, 5.41) is 9.08. The van der Waals surface area contributed by atoms with Crippen LogP contribution in [0.25, 0.3) is 10.4 Å². The van der Waals surface area contributed by atoms with E-state index in [4.69, 9.17) is 0 Å². The average Bonchev–Trinajstić information content (AvgIpc) is 3.16. The number of thioether (sulfide) groups is 1. The lowest BCUT2D eigenvalue weighted by atomic mass is 9.95. The summed E-state index contributed by atoms with van der Waals surface area (Å²) < 4.78 is 0. The average molecular weight is 324 g/mol. The molecule has 1 fully saturated rings. The van der Waals surface area contributed by atoms with Crippen LogP contribution in [0.1, 0.15) is 30.6 Å². The first kappa shape index (κ1) is 14.6. The fraction of sp³-hybridized carbons (Fsp3) is 0.500. The lowest BCUT2D eigenvalue weighted by Crippen LogP contribution is -2.33. The molecule has 2 heterocycles. The Balaban J connectivity index is 1.50. The Morgan fingerprint density at radius 1 is 1.25 bits per heavy atom. The van der Waals surface area contributed by atoms with Crippen molar-refractivity contribution < 1.29 is 0 Å². The molecule has 3 rings (SSSR count). The van der Waals surface area contributed by atoms with Crippen molar-refractivity contribution in [2.45, 2.75) is 43.5 Å². The molecule has 0 atom stereocenters. The van der Waals surface area contributed by atoms with E-state index in [0.29, 0.717) is 0 Å². The standard InChI is InChI=1S/C16H21NS3/c1-18-14-6-4-13(5-7-14)17-10-15-9-12(11-20-15)16-3-2-8-19-16/h2-3,8-9,11,13-14,17H,4-7,10H2,1H3. The summed E-state index contributed by atoms with van der Waals surface area (Å²) in [4.78, 5) is 2.84. The maximum atomic E-state index is 3.75. The van der Waals surface area contributed by atoms with E-state index in [2.05, 4.69) is 40.5 Å². The molecular formula is C16H21NS3. The van der Waals surface area contributed by atoms with Crippen molar-refractivity contribution in [1.29, 1.82) is 0 Å². The number of rotatable bonds is 5. The van der Waals surface area contributed by atoms with Crippen molar-refractivity contribution in [2.75, 3.05) is 6.26 Å². The van der Waals surface area contributed by atoms with Gasteiger partial charge in [0.05, 0.1) is 0 Å². The highest BCUT2D eigenvalue weighted by molar-refractivity contribution is 7.99. The van der Waals surface area contributed by atoms with Crippen molar-refractivity contribution >= 4 is 34.4 Å². The van der Waals surface area contributed by atoms with Gasteiger partial charge >= 0.3 is 0 Å². The topological polar surface area (TPSA) is 12.0 Å². The molecule has 20 heavy (non-hydrogen) atoms. The summed E-state index contributed by atoms with van der Waals surface area (Å²) in [6.07, 6.45) is 7.69. The van der Waals surface area contributed by atoms with Crippen molar-refractivity contribution in [3.8, 4) is 10.4 Å². The Kier molecular flexibility index (Phi) is 5.21. The molecule has 0 saturated heterocycles. The summed E-state index contributed by atoms with van der Waals surface area (Å²) >= 11 is 5.74. The molecular weight excluding hydrogens is 302 g/mol. The summed E-state index contributed by atoms with van der Waals surface area (Å²) in [5.74, 6) is 0. The van der Waals surface area contributed by atoms with Gasteiger partial charge in [-0.15, -0.1) is 22.7 Å². The molecule has 2 aromatic heterocycles. The maximum Gasteiger partial charge on any atom is 0.0351 e. The molecule has 0 aromatic carbocycles. The summed E-state index contributed by atoms with van der Waals surface area (Å²) in [7, 11) is 0. The molecule has 1 nitrogen and oxygen atoms in total. The van der Waals surface area contributed by atoms with Crippen LogP contribution < -0.4 is 5.32 Å². The van der Waals surface area contributed by atoms with Crippen LogP contribution in [0.15, 0.2) is 29.0 Å². The van der Waals surface area contributed by atoms with Gasteiger partial charge in [0.2, 0.25) is 0 Å². The van der Waals surface area contributed by atoms with Crippen molar-refractivity contribution in [1.82, 2.24) is 5.32 Å². The highest BCUT2D eigenvalue weighted by Crippen LogP contribution is 2.30. The van der Waals surface area contributed by atoms with Gasteiger partial charge in [0.15, 0.2) is 0 Å². The van der Waals surface area contributed by atoms with E-state index >= 15 is 0 Å². The van der Waals surface area contributed by atoms with Gasteiger partial charge in [-0.05, 0) is 54.8 Å². The minimum Gasteiger partial charge on any atom is -0.309 e. The first-order valence-electron chi connectivity index (χ1n) is 7.22. The molecule has 2 aromatic rings. The van der Waals surface area contributed by atoms with Crippen LogP contribution in [-0.2, 0) is 6.54 Å². The van der Waals surface area contributed by atoms with Gasteiger partial charge in [-0.3, -0.25) is 0 Å². The maximum absolute atomic E-state index is 3.75. The first-order chi connectivity index (χ1) is 9.85. The van der Waals surface area contributed by atoms with E-state index in [-0.39, 0.29) is 0 Å². The third-order valence-electron chi connectivity index (χ3n) is 4.03. The van der Waals surface area contributed by atoms with Crippen molar-refractivity contribution in [3.63, 3.8) is 0 Å². The van der Waals surface area contributed by atoms with E-state index in [0.717, 1.165) is 17.8 Å². The number of hydrogen-bond donors (Lipinski definition) is 1. The van der Waals surface area contributed by atoms with Gasteiger partial charge in [0, 0.05) is 33.2 Å². The number of thiophene rings is 2. The SMILES string of the molecule is CSC1CCC(NCc2cc(-c3cccs3)cs2)CC1. The molecule has 0 radical (unpaired) electrons. The molecule has 0 amide bonds. The monoisotopic (exact) mass is 323 g/mol. The van der Waals surface area contributed by atoms with E-state index in [1.54, 1.807) is 0 Å². The van der Waals surface area contributed by atoms with Crippen LogP contribution in [0.2, 0.25) is 0 Å². The predicted octanol–water partition coefficient (Wildman–Crippen LogP) is 5.24. The van der Waals surface area contributed by atoms with Gasteiger partial charge in [-0.25, -0.2) is 0 Å². The second-order valence-corrected chi connectivity index (χ2v) is 8.45. The minimum atomic E-state index is 0.727. The predicted molar refractivity (Wildman–Crippen MR) is 94.0 cm³/mol. The molecule has 0 unspecified atom stereocenters. The zero-order valence-electron chi connectivity index (χ0n) is 11.8. The number of nitrogens with one attached hydrogen (secondary N) is 1. The van der Waals surface area contributed by atoms with E-state index in [9.17, 15) is 0 Å². The van der Waals surface area contributed by atoms with Gasteiger partial charge in [-0.1, -0.05) is 6.07 Å². The zero-order chi connectivity index (χ0) is 13.8. The summed E-state index contributed by atoms with van der Waals surface area (Å²) in [6, 6.07) is 7.40. The Morgan fingerprint density at radius 2 is 2.10 bits per heavy atom. The first-order valence-corrected chi connectivity index (χ1v) is 10.3. The van der Waals surface area contributed by atoms with Gasteiger partial charge in [-0.2, -0.15) is 11.8 Å². The lowest BCUT2D eigenvalue weighted by molar-refractivity contribution is 0.380. The molecule has 1 saturated carbocycles. The minimum absolute atomic E-state index is 0.727. The molecule has 0 bridgehead atoms. The van der Waals surface area contributed by atoms with Gasteiger partial charge in [0.1, 0.15) is 0 Å². The van der Waals surface area contributed by atoms with Crippen molar-refractivity contribution in [3.05, 3.63) is 33.8 Å². The van der Waals surface area contributed by atoms with Crippen molar-refractivity contribution in [2.24, 2.45) is 0 Å². The third-order valence-corrected chi connectivity index (χ3v) is 7.03. The van der Waals surface area contributed by atoms with Gasteiger partial charge < -0.3 is 5.32 Å². The molecule has 0 aliphatic heterocycles. The molecule has 4 heteroatoms. The second-order valence-electron chi connectivity index (χ2n) is 5.37. The Bertz CT molecular complexity index is 510. The van der Waals surface area contributed by atoms with Crippen LogP contribution >= 0.6 is 34.4 Å². The quantitative estimate of drug-likeness (QED) is 0.807. The van der Waals surface area contributed by atoms with Crippen LogP contribution in [0.3, 0.4) is 0 Å². The van der Waals surface area contributed by atoms with Crippen LogP contribution in [0, 0.1) is 0 Å². The third kappa shape index (κ3) is 3.67. The fourth-order valence-corrected chi connectivity index (χ4v) is 5.16. The fourth-order valence-electron chi connectivity index (χ4n) is 2.79. The van der Waals surface area contributed by atoms with E-state index in [1.165, 1.54) is 41.0 Å². The Hall–Kier alpha value is -0.290. The zero-order valence-corrected chi connectivity index (χ0v) is 14.3. The Labute approximate surface area is 133 Å². The molecule has 0 spiro atoms. The highest BCUT2D eigenvalue weighted by atomic mass is 32.2. The number of hydrogen-bond acceptors (Lipinski definition) is 4. The van der Waals surface area contributed by atoms with Crippen LogP contribution in [0.5, 0.6) is 0 Å². The largest absolute Gasteiger partial charge is 0.309 e. The molecule has 1 aliphatic carbocycles. The second kappa shape index (κ2) is 7.12. The van der Waals surface area contributed by atoms with Crippen LogP contribution in [0.4, 0.5) is 0 Å². The molecule has 108 valence electrons.